The molecule has 0 spiro atoms. The van der Waals surface area contributed by atoms with Gasteiger partial charge in [-0.1, -0.05) is 6.92 Å². The van der Waals surface area contributed by atoms with E-state index in [0.29, 0.717) is 12.1 Å². The fourth-order valence-electron chi connectivity index (χ4n) is 1.84. The van der Waals surface area contributed by atoms with E-state index in [0.717, 1.165) is 31.0 Å². The van der Waals surface area contributed by atoms with E-state index in [1.807, 2.05) is 0 Å². The Kier molecular flexibility index (Phi) is 3.59. The van der Waals surface area contributed by atoms with Gasteiger partial charge in [0.25, 0.3) is 0 Å². The highest BCUT2D eigenvalue weighted by Crippen LogP contribution is 2.21. The van der Waals surface area contributed by atoms with Gasteiger partial charge in [0, 0.05) is 18.0 Å². The SMILES string of the molecule is CCc1csc(NC2CCOC(C)C2)n1. The summed E-state index contributed by atoms with van der Waals surface area (Å²) in [5.74, 6) is 0. The number of hydrogen-bond donors (Lipinski definition) is 1. The van der Waals surface area contributed by atoms with Gasteiger partial charge in [-0.3, -0.25) is 0 Å². The fraction of sp³-hybridized carbons (Fsp3) is 0.727. The summed E-state index contributed by atoms with van der Waals surface area (Å²) in [6.07, 6.45) is 3.57. The summed E-state index contributed by atoms with van der Waals surface area (Å²) in [5, 5.41) is 6.68. The zero-order chi connectivity index (χ0) is 10.7. The zero-order valence-electron chi connectivity index (χ0n) is 9.32. The Morgan fingerprint density at radius 1 is 1.67 bits per heavy atom. The largest absolute Gasteiger partial charge is 0.378 e. The van der Waals surface area contributed by atoms with E-state index in [2.05, 4.69) is 29.5 Å². The minimum Gasteiger partial charge on any atom is -0.378 e. The Morgan fingerprint density at radius 2 is 2.53 bits per heavy atom. The van der Waals surface area contributed by atoms with Gasteiger partial charge < -0.3 is 10.1 Å². The van der Waals surface area contributed by atoms with E-state index in [1.165, 1.54) is 5.69 Å². The minimum absolute atomic E-state index is 0.377. The average molecular weight is 226 g/mol. The van der Waals surface area contributed by atoms with Crippen molar-refractivity contribution >= 4 is 16.5 Å². The molecule has 1 fully saturated rings. The predicted molar refractivity (Wildman–Crippen MR) is 63.6 cm³/mol. The summed E-state index contributed by atoms with van der Waals surface area (Å²) >= 11 is 1.71. The van der Waals surface area contributed by atoms with Crippen LogP contribution in [0.1, 0.15) is 32.4 Å². The van der Waals surface area contributed by atoms with Gasteiger partial charge in [0.05, 0.1) is 11.8 Å². The monoisotopic (exact) mass is 226 g/mol. The molecule has 3 nitrogen and oxygen atoms in total. The number of anilines is 1. The van der Waals surface area contributed by atoms with Crippen molar-refractivity contribution in [3.05, 3.63) is 11.1 Å². The van der Waals surface area contributed by atoms with Gasteiger partial charge in [-0.25, -0.2) is 4.98 Å². The summed E-state index contributed by atoms with van der Waals surface area (Å²) < 4.78 is 5.52. The molecule has 2 atom stereocenters. The van der Waals surface area contributed by atoms with Gasteiger partial charge in [-0.15, -0.1) is 11.3 Å². The van der Waals surface area contributed by atoms with Gasteiger partial charge in [0.2, 0.25) is 0 Å². The molecule has 15 heavy (non-hydrogen) atoms. The first kappa shape index (κ1) is 10.9. The zero-order valence-corrected chi connectivity index (χ0v) is 10.1. The quantitative estimate of drug-likeness (QED) is 0.860. The lowest BCUT2D eigenvalue weighted by Gasteiger charge is -2.27. The highest BCUT2D eigenvalue weighted by Gasteiger charge is 2.19. The lowest BCUT2D eigenvalue weighted by Crippen LogP contribution is -2.32. The number of nitrogens with zero attached hydrogens (tertiary/aromatic N) is 1. The molecule has 0 radical (unpaired) electrons. The second kappa shape index (κ2) is 4.94. The van der Waals surface area contributed by atoms with E-state index in [9.17, 15) is 0 Å². The number of thiazole rings is 1. The van der Waals surface area contributed by atoms with Crippen molar-refractivity contribution in [1.82, 2.24) is 4.98 Å². The molecular formula is C11H18N2OS. The number of ether oxygens (including phenoxy) is 1. The molecule has 1 aliphatic heterocycles. The Balaban J connectivity index is 1.90. The van der Waals surface area contributed by atoms with Crippen molar-refractivity contribution in [1.29, 1.82) is 0 Å². The van der Waals surface area contributed by atoms with Crippen LogP contribution >= 0.6 is 11.3 Å². The molecule has 84 valence electrons. The molecule has 1 N–H and O–H groups in total. The van der Waals surface area contributed by atoms with Crippen molar-refractivity contribution in [3.8, 4) is 0 Å². The third-order valence-corrected chi connectivity index (χ3v) is 3.55. The maximum atomic E-state index is 5.52. The van der Waals surface area contributed by atoms with Crippen LogP contribution in [0.2, 0.25) is 0 Å². The van der Waals surface area contributed by atoms with Crippen LogP contribution in [0.5, 0.6) is 0 Å². The van der Waals surface area contributed by atoms with Crippen LogP contribution in [-0.2, 0) is 11.2 Å². The molecule has 0 amide bonds. The summed E-state index contributed by atoms with van der Waals surface area (Å²) in [5.41, 5.74) is 1.18. The van der Waals surface area contributed by atoms with Gasteiger partial charge in [-0.2, -0.15) is 0 Å². The van der Waals surface area contributed by atoms with Gasteiger partial charge in [0.15, 0.2) is 5.13 Å². The first-order valence-electron chi connectivity index (χ1n) is 5.60. The van der Waals surface area contributed by atoms with Gasteiger partial charge in [0.1, 0.15) is 0 Å². The smallest absolute Gasteiger partial charge is 0.183 e. The molecule has 4 heteroatoms. The topological polar surface area (TPSA) is 34.1 Å². The van der Waals surface area contributed by atoms with Crippen molar-refractivity contribution in [2.45, 2.75) is 45.3 Å². The van der Waals surface area contributed by atoms with E-state index in [4.69, 9.17) is 4.74 Å². The summed E-state index contributed by atoms with van der Waals surface area (Å²) in [7, 11) is 0. The number of aryl methyl sites for hydroxylation is 1. The standard InChI is InChI=1S/C11H18N2OS/c1-3-9-7-15-11(12-9)13-10-4-5-14-8(2)6-10/h7-8,10H,3-6H2,1-2H3,(H,12,13). The Morgan fingerprint density at radius 3 is 3.20 bits per heavy atom. The molecule has 0 bridgehead atoms. The Bertz CT molecular complexity index is 313. The highest BCUT2D eigenvalue weighted by atomic mass is 32.1. The molecule has 0 aromatic carbocycles. The highest BCUT2D eigenvalue weighted by molar-refractivity contribution is 7.13. The van der Waals surface area contributed by atoms with Crippen LogP contribution in [0.15, 0.2) is 5.38 Å². The molecule has 0 saturated carbocycles. The van der Waals surface area contributed by atoms with Gasteiger partial charge >= 0.3 is 0 Å². The first-order valence-corrected chi connectivity index (χ1v) is 6.48. The second-order valence-electron chi connectivity index (χ2n) is 4.04. The Labute approximate surface area is 94.9 Å². The maximum absolute atomic E-state index is 5.52. The fourth-order valence-corrected chi connectivity index (χ4v) is 2.71. The first-order chi connectivity index (χ1) is 7.28. The summed E-state index contributed by atoms with van der Waals surface area (Å²) in [4.78, 5) is 4.51. The van der Waals surface area contributed by atoms with E-state index < -0.39 is 0 Å². The number of rotatable bonds is 3. The predicted octanol–water partition coefficient (Wildman–Crippen LogP) is 2.68. The molecule has 2 rings (SSSR count). The van der Waals surface area contributed by atoms with E-state index in [-0.39, 0.29) is 0 Å². The summed E-state index contributed by atoms with van der Waals surface area (Å²) in [6, 6.07) is 0.532. The van der Waals surface area contributed by atoms with Crippen molar-refractivity contribution in [3.63, 3.8) is 0 Å². The lowest BCUT2D eigenvalue weighted by atomic mass is 10.1. The van der Waals surface area contributed by atoms with Crippen LogP contribution in [0.25, 0.3) is 0 Å². The van der Waals surface area contributed by atoms with Crippen LogP contribution in [0, 0.1) is 0 Å². The van der Waals surface area contributed by atoms with E-state index in [1.54, 1.807) is 11.3 Å². The normalized spacial score (nSPS) is 26.5. The van der Waals surface area contributed by atoms with Crippen LogP contribution in [0.3, 0.4) is 0 Å². The molecule has 2 heterocycles. The molecule has 1 aromatic rings. The number of hydrogen-bond acceptors (Lipinski definition) is 4. The van der Waals surface area contributed by atoms with Crippen LogP contribution in [-0.4, -0.2) is 23.7 Å². The maximum Gasteiger partial charge on any atom is 0.183 e. The Hall–Kier alpha value is -0.610. The van der Waals surface area contributed by atoms with Crippen molar-refractivity contribution in [2.75, 3.05) is 11.9 Å². The molecule has 1 saturated heterocycles. The molecule has 2 unspecified atom stereocenters. The molecular weight excluding hydrogens is 208 g/mol. The third kappa shape index (κ3) is 2.92. The lowest BCUT2D eigenvalue weighted by molar-refractivity contribution is 0.0232. The summed E-state index contributed by atoms with van der Waals surface area (Å²) in [6.45, 7) is 5.13. The minimum atomic E-state index is 0.377. The van der Waals surface area contributed by atoms with Crippen molar-refractivity contribution < 1.29 is 4.74 Å². The van der Waals surface area contributed by atoms with Crippen LogP contribution < -0.4 is 5.32 Å². The molecule has 0 aliphatic carbocycles. The number of nitrogens with one attached hydrogen (secondary N) is 1. The average Bonchev–Trinajstić information content (AvgIpc) is 2.65. The van der Waals surface area contributed by atoms with Gasteiger partial charge in [-0.05, 0) is 26.2 Å². The molecule has 1 aliphatic rings. The third-order valence-electron chi connectivity index (χ3n) is 2.73. The van der Waals surface area contributed by atoms with Crippen LogP contribution in [0.4, 0.5) is 5.13 Å². The van der Waals surface area contributed by atoms with Crippen molar-refractivity contribution in [2.24, 2.45) is 0 Å². The van der Waals surface area contributed by atoms with E-state index >= 15 is 0 Å². The number of aromatic nitrogens is 1. The molecule has 1 aromatic heterocycles. The second-order valence-corrected chi connectivity index (χ2v) is 4.90.